The predicted octanol–water partition coefficient (Wildman–Crippen LogP) is 3.70. The van der Waals surface area contributed by atoms with Gasteiger partial charge in [-0.3, -0.25) is 14.9 Å². The highest BCUT2D eigenvalue weighted by Gasteiger charge is 2.18. The van der Waals surface area contributed by atoms with Gasteiger partial charge in [0.2, 0.25) is 0 Å². The molecule has 0 atom stereocenters. The summed E-state index contributed by atoms with van der Waals surface area (Å²) in [7, 11) is 1.66. The van der Waals surface area contributed by atoms with E-state index in [-0.39, 0.29) is 24.0 Å². The van der Waals surface area contributed by atoms with Crippen LogP contribution in [0, 0.1) is 17.0 Å². The number of carbonyl (C=O) groups is 1. The minimum absolute atomic E-state index is 0.0910. The van der Waals surface area contributed by atoms with Crippen LogP contribution in [-0.4, -0.2) is 29.4 Å². The molecule has 1 amide bonds. The lowest BCUT2D eigenvalue weighted by Crippen LogP contribution is -2.31. The van der Waals surface area contributed by atoms with E-state index < -0.39 is 4.92 Å². The molecule has 2 rings (SSSR count). The molecule has 2 aromatic carbocycles. The molecule has 0 N–H and O–H groups in total. The van der Waals surface area contributed by atoms with Crippen molar-refractivity contribution in [1.29, 1.82) is 0 Å². The van der Waals surface area contributed by atoms with Crippen molar-refractivity contribution in [1.82, 2.24) is 4.90 Å². The summed E-state index contributed by atoms with van der Waals surface area (Å²) in [6.45, 7) is 1.91. The highest BCUT2D eigenvalue weighted by Crippen LogP contribution is 2.27. The van der Waals surface area contributed by atoms with Gasteiger partial charge in [-0.05, 0) is 30.2 Å². The number of hydrogen-bond donors (Lipinski definition) is 0. The van der Waals surface area contributed by atoms with Crippen molar-refractivity contribution >= 4 is 27.5 Å². The average Bonchev–Trinajstić information content (AvgIpc) is 2.55. The fraction of sp³-hybridized carbons (Fsp3) is 0.235. The Hall–Kier alpha value is -2.41. The number of nitro groups is 1. The van der Waals surface area contributed by atoms with E-state index in [1.165, 1.54) is 17.0 Å². The first-order valence-electron chi connectivity index (χ1n) is 7.23. The fourth-order valence-electron chi connectivity index (χ4n) is 2.11. The number of halogens is 1. The third kappa shape index (κ3) is 4.55. The van der Waals surface area contributed by atoms with E-state index in [0.29, 0.717) is 6.54 Å². The molecule has 6 nitrogen and oxygen atoms in total. The van der Waals surface area contributed by atoms with E-state index >= 15 is 0 Å². The van der Waals surface area contributed by atoms with Gasteiger partial charge < -0.3 is 9.64 Å². The van der Waals surface area contributed by atoms with E-state index in [0.717, 1.165) is 15.6 Å². The SMILES string of the molecule is Cc1ccc(OCC(=O)N(C)Cc2ccccc2Br)c([N+](=O)[O-])c1. The Balaban J connectivity index is 2.00. The average molecular weight is 393 g/mol. The first-order valence-corrected chi connectivity index (χ1v) is 8.03. The summed E-state index contributed by atoms with van der Waals surface area (Å²) in [5, 5.41) is 11.1. The standard InChI is InChI=1S/C17H17BrN2O4/c1-12-7-8-16(15(9-12)20(22)23)24-11-17(21)19(2)10-13-5-3-4-6-14(13)18/h3-9H,10-11H2,1-2H3. The molecule has 2 aromatic rings. The smallest absolute Gasteiger partial charge is 0.311 e. The van der Waals surface area contributed by atoms with Gasteiger partial charge in [0.05, 0.1) is 4.92 Å². The quantitative estimate of drug-likeness (QED) is 0.554. The van der Waals surface area contributed by atoms with Crippen LogP contribution in [0.15, 0.2) is 46.9 Å². The third-order valence-electron chi connectivity index (χ3n) is 3.45. The zero-order valence-electron chi connectivity index (χ0n) is 13.4. The van der Waals surface area contributed by atoms with Crippen molar-refractivity contribution < 1.29 is 14.5 Å². The van der Waals surface area contributed by atoms with Crippen molar-refractivity contribution in [2.24, 2.45) is 0 Å². The number of benzene rings is 2. The summed E-state index contributed by atoms with van der Waals surface area (Å²) in [6.07, 6.45) is 0. The lowest BCUT2D eigenvalue weighted by Gasteiger charge is -2.18. The lowest BCUT2D eigenvalue weighted by molar-refractivity contribution is -0.385. The number of carbonyl (C=O) groups excluding carboxylic acids is 1. The first kappa shape index (κ1) is 17.9. The summed E-state index contributed by atoms with van der Waals surface area (Å²) in [4.78, 5) is 24.2. The monoisotopic (exact) mass is 392 g/mol. The molecule has 0 fully saturated rings. The first-order chi connectivity index (χ1) is 11.4. The van der Waals surface area contributed by atoms with Crippen LogP contribution < -0.4 is 4.74 Å². The van der Waals surface area contributed by atoms with Crippen LogP contribution >= 0.6 is 15.9 Å². The number of likely N-dealkylation sites (N-methyl/N-ethyl adjacent to an activating group) is 1. The molecule has 0 radical (unpaired) electrons. The molecule has 0 aliphatic rings. The van der Waals surface area contributed by atoms with Gasteiger partial charge in [-0.25, -0.2) is 0 Å². The van der Waals surface area contributed by atoms with Crippen LogP contribution in [0.1, 0.15) is 11.1 Å². The maximum absolute atomic E-state index is 12.2. The van der Waals surface area contributed by atoms with Gasteiger partial charge in [-0.15, -0.1) is 0 Å². The molecule has 0 heterocycles. The Morgan fingerprint density at radius 3 is 2.67 bits per heavy atom. The lowest BCUT2D eigenvalue weighted by atomic mass is 10.2. The van der Waals surface area contributed by atoms with Gasteiger partial charge in [-0.1, -0.05) is 40.2 Å². The molecule has 24 heavy (non-hydrogen) atoms. The Bertz CT molecular complexity index is 764. The number of ether oxygens (including phenoxy) is 1. The zero-order valence-corrected chi connectivity index (χ0v) is 14.9. The highest BCUT2D eigenvalue weighted by atomic mass is 79.9. The summed E-state index contributed by atoms with van der Waals surface area (Å²) in [5.74, 6) is -0.172. The number of nitrogens with zero attached hydrogens (tertiary/aromatic N) is 2. The van der Waals surface area contributed by atoms with E-state index in [4.69, 9.17) is 4.74 Å². The van der Waals surface area contributed by atoms with E-state index in [1.54, 1.807) is 20.0 Å². The topological polar surface area (TPSA) is 72.7 Å². The van der Waals surface area contributed by atoms with Crippen LogP contribution in [0.25, 0.3) is 0 Å². The van der Waals surface area contributed by atoms with Crippen molar-refractivity contribution in [2.45, 2.75) is 13.5 Å². The minimum Gasteiger partial charge on any atom is -0.477 e. The normalized spacial score (nSPS) is 10.3. The molecular formula is C17H17BrN2O4. The molecular weight excluding hydrogens is 376 g/mol. The minimum atomic E-state index is -0.516. The van der Waals surface area contributed by atoms with Crippen molar-refractivity contribution in [2.75, 3.05) is 13.7 Å². The molecule has 0 aliphatic carbocycles. The number of aryl methyl sites for hydroxylation is 1. The summed E-state index contributed by atoms with van der Waals surface area (Å²) in [6, 6.07) is 12.2. The van der Waals surface area contributed by atoms with E-state index in [2.05, 4.69) is 15.9 Å². The second-order valence-electron chi connectivity index (χ2n) is 5.36. The van der Waals surface area contributed by atoms with Crippen molar-refractivity contribution in [3.63, 3.8) is 0 Å². The molecule has 0 spiro atoms. The molecule has 0 unspecified atom stereocenters. The summed E-state index contributed by atoms with van der Waals surface area (Å²) >= 11 is 3.44. The number of nitro benzene ring substituents is 1. The summed E-state index contributed by atoms with van der Waals surface area (Å²) in [5.41, 5.74) is 1.58. The van der Waals surface area contributed by atoms with Crippen LogP contribution in [0.4, 0.5) is 5.69 Å². The largest absolute Gasteiger partial charge is 0.477 e. The van der Waals surface area contributed by atoms with Gasteiger partial charge in [0, 0.05) is 24.1 Å². The van der Waals surface area contributed by atoms with E-state index in [9.17, 15) is 14.9 Å². The second kappa shape index (κ2) is 7.92. The highest BCUT2D eigenvalue weighted by molar-refractivity contribution is 9.10. The third-order valence-corrected chi connectivity index (χ3v) is 4.23. The molecule has 0 aliphatic heterocycles. The second-order valence-corrected chi connectivity index (χ2v) is 6.21. The van der Waals surface area contributed by atoms with Gasteiger partial charge in [-0.2, -0.15) is 0 Å². The van der Waals surface area contributed by atoms with Gasteiger partial charge in [0.1, 0.15) is 0 Å². The maximum Gasteiger partial charge on any atom is 0.311 e. The predicted molar refractivity (Wildman–Crippen MR) is 93.9 cm³/mol. The number of hydrogen-bond acceptors (Lipinski definition) is 4. The van der Waals surface area contributed by atoms with Crippen molar-refractivity contribution in [3.05, 3.63) is 68.2 Å². The maximum atomic E-state index is 12.2. The van der Waals surface area contributed by atoms with E-state index in [1.807, 2.05) is 24.3 Å². The molecule has 7 heteroatoms. The van der Waals surface area contributed by atoms with Crippen LogP contribution in [0.2, 0.25) is 0 Å². The number of amides is 1. The molecule has 0 saturated heterocycles. The Labute approximate surface area is 148 Å². The number of rotatable bonds is 6. The van der Waals surface area contributed by atoms with Crippen molar-refractivity contribution in [3.8, 4) is 5.75 Å². The summed E-state index contributed by atoms with van der Waals surface area (Å²) < 4.78 is 6.28. The van der Waals surface area contributed by atoms with Crippen LogP contribution in [0.5, 0.6) is 5.75 Å². The van der Waals surface area contributed by atoms with Crippen LogP contribution in [0.3, 0.4) is 0 Å². The molecule has 0 saturated carbocycles. The molecule has 126 valence electrons. The van der Waals surface area contributed by atoms with Gasteiger partial charge in [0.15, 0.2) is 12.4 Å². The van der Waals surface area contributed by atoms with Gasteiger partial charge in [0.25, 0.3) is 5.91 Å². The van der Waals surface area contributed by atoms with Gasteiger partial charge >= 0.3 is 5.69 Å². The van der Waals surface area contributed by atoms with Crippen LogP contribution in [-0.2, 0) is 11.3 Å². The fourth-order valence-corrected chi connectivity index (χ4v) is 2.52. The molecule has 0 bridgehead atoms. The molecule has 0 aromatic heterocycles. The zero-order chi connectivity index (χ0) is 17.7. The Morgan fingerprint density at radius 1 is 1.29 bits per heavy atom. The Morgan fingerprint density at radius 2 is 2.00 bits per heavy atom. The Kier molecular flexibility index (Phi) is 5.92.